The third kappa shape index (κ3) is 4.88. The minimum absolute atomic E-state index is 0.686. The van der Waals surface area contributed by atoms with Crippen molar-refractivity contribution in [3.05, 3.63) is 35.7 Å². The molecule has 13 heavy (non-hydrogen) atoms. The molecule has 1 aromatic rings. The number of hydrogen-bond donors (Lipinski definition) is 0. The standard InChI is InChI=1S/C8H8ClO.2O.Tc/c1-6-5-7(9)3-4-8(6)10-2;;;/h3-5H,1H2,2H3;;;/q-1;;;+1. The van der Waals surface area contributed by atoms with Crippen LogP contribution in [0.3, 0.4) is 0 Å². The minimum atomic E-state index is -1.91. The van der Waals surface area contributed by atoms with E-state index in [4.69, 9.17) is 23.3 Å². The Hall–Kier alpha value is -0.571. The van der Waals surface area contributed by atoms with Gasteiger partial charge in [-0.2, -0.15) is 12.5 Å². The SMILES string of the molecule is [CH2-]c1cc(Cl)ccc1OC.[O]=[Tc+]=[O]. The molecule has 0 saturated heterocycles. The molecule has 0 aromatic heterocycles. The first-order valence-electron chi connectivity index (χ1n) is 3.20. The van der Waals surface area contributed by atoms with Crippen molar-refractivity contribution < 1.29 is 29.4 Å². The van der Waals surface area contributed by atoms with Gasteiger partial charge in [0.15, 0.2) is 0 Å². The van der Waals surface area contributed by atoms with Gasteiger partial charge >= 0.3 is 24.6 Å². The van der Waals surface area contributed by atoms with Crippen LogP contribution >= 0.6 is 11.6 Å². The Morgan fingerprint density at radius 2 is 2.00 bits per heavy atom. The van der Waals surface area contributed by atoms with Gasteiger partial charge in [-0.3, -0.25) is 0 Å². The predicted molar refractivity (Wildman–Crippen MR) is 43.8 cm³/mol. The average molecular weight is 286 g/mol. The number of halogens is 1. The van der Waals surface area contributed by atoms with E-state index in [1.807, 2.05) is 0 Å². The van der Waals surface area contributed by atoms with Crippen molar-refractivity contribution in [2.24, 2.45) is 0 Å². The van der Waals surface area contributed by atoms with E-state index < -0.39 is 17.6 Å². The third-order valence-corrected chi connectivity index (χ3v) is 1.48. The number of hydrogen-bond acceptors (Lipinski definition) is 3. The zero-order valence-corrected chi connectivity index (χ0v) is 9.53. The molecule has 0 spiro atoms. The Bertz CT molecular complexity index is 308. The van der Waals surface area contributed by atoms with Crippen LogP contribution in [-0.4, -0.2) is 7.11 Å². The molecule has 0 heterocycles. The Morgan fingerprint density at radius 3 is 2.38 bits per heavy atom. The Morgan fingerprint density at radius 1 is 1.46 bits per heavy atom. The Kier molecular flexibility index (Phi) is 6.59. The summed E-state index contributed by atoms with van der Waals surface area (Å²) in [4.78, 5) is 0. The van der Waals surface area contributed by atoms with Crippen LogP contribution in [0.1, 0.15) is 5.56 Å². The van der Waals surface area contributed by atoms with E-state index in [2.05, 4.69) is 6.92 Å². The van der Waals surface area contributed by atoms with Gasteiger partial charge in [0.25, 0.3) is 0 Å². The number of ether oxygens (including phenoxy) is 1. The van der Waals surface area contributed by atoms with Crippen LogP contribution in [0.15, 0.2) is 18.2 Å². The van der Waals surface area contributed by atoms with Gasteiger partial charge in [0.05, 0.1) is 7.11 Å². The molecule has 0 saturated carbocycles. The summed E-state index contributed by atoms with van der Waals surface area (Å²) >= 11 is 3.77. The molecule has 0 unspecified atom stereocenters. The molecule has 5 heteroatoms. The van der Waals surface area contributed by atoms with Gasteiger partial charge in [-0.1, -0.05) is 23.7 Å². The van der Waals surface area contributed by atoms with E-state index in [1.54, 1.807) is 25.3 Å². The van der Waals surface area contributed by atoms with Gasteiger partial charge in [-0.05, 0) is 5.02 Å². The quantitative estimate of drug-likeness (QED) is 0.744. The summed E-state index contributed by atoms with van der Waals surface area (Å²) in [6, 6.07) is 5.33. The molecule has 1 rings (SSSR count). The molecular weight excluding hydrogens is 278 g/mol. The van der Waals surface area contributed by atoms with Gasteiger partial charge in [-0.25, -0.2) is 0 Å². The molecule has 0 aliphatic heterocycles. The molecule has 0 fully saturated rings. The van der Waals surface area contributed by atoms with Crippen molar-refractivity contribution in [1.82, 2.24) is 0 Å². The van der Waals surface area contributed by atoms with Crippen LogP contribution in [0.2, 0.25) is 5.02 Å². The first-order valence-corrected chi connectivity index (χ1v) is 5.10. The zero-order chi connectivity index (χ0) is 10.3. The van der Waals surface area contributed by atoms with Gasteiger partial charge in [0.2, 0.25) is 0 Å². The second-order valence-electron chi connectivity index (χ2n) is 2.02. The van der Waals surface area contributed by atoms with Crippen LogP contribution in [0.4, 0.5) is 0 Å². The second-order valence-corrected chi connectivity index (χ2v) is 2.77. The Labute approximate surface area is 89.6 Å². The van der Waals surface area contributed by atoms with Crippen LogP contribution in [-0.2, 0) is 24.6 Å². The van der Waals surface area contributed by atoms with E-state index in [-0.39, 0.29) is 0 Å². The number of benzene rings is 1. The van der Waals surface area contributed by atoms with Crippen molar-refractivity contribution in [3.8, 4) is 5.75 Å². The molecule has 0 atom stereocenters. The van der Waals surface area contributed by atoms with Crippen LogP contribution < -0.4 is 4.74 Å². The number of methoxy groups -OCH3 is 1. The molecule has 0 bridgehead atoms. The summed E-state index contributed by atoms with van der Waals surface area (Å²) in [7, 11) is 1.61. The summed E-state index contributed by atoms with van der Waals surface area (Å²) < 4.78 is 21.9. The van der Waals surface area contributed by atoms with Crippen molar-refractivity contribution in [2.45, 2.75) is 0 Å². The molecular formula is C8H8ClO3Tc. The summed E-state index contributed by atoms with van der Waals surface area (Å²) in [5.41, 5.74) is 0.815. The van der Waals surface area contributed by atoms with Gasteiger partial charge in [0, 0.05) is 5.75 Å². The van der Waals surface area contributed by atoms with Gasteiger partial charge < -0.3 is 4.74 Å². The summed E-state index contributed by atoms with van der Waals surface area (Å²) in [6.07, 6.45) is 0. The van der Waals surface area contributed by atoms with Gasteiger partial charge in [0.1, 0.15) is 0 Å². The van der Waals surface area contributed by atoms with Gasteiger partial charge in [-0.15, -0.1) is 6.07 Å². The van der Waals surface area contributed by atoms with E-state index in [0.29, 0.717) is 5.02 Å². The molecule has 0 aliphatic carbocycles. The third-order valence-electron chi connectivity index (χ3n) is 1.24. The normalized spacial score (nSPS) is 8.15. The summed E-state index contributed by atoms with van der Waals surface area (Å²) in [5, 5.41) is 0.686. The average Bonchev–Trinajstić information content (AvgIpc) is 2.06. The fraction of sp³-hybridized carbons (Fsp3) is 0.125. The molecule has 0 amide bonds. The molecule has 72 valence electrons. The van der Waals surface area contributed by atoms with Crippen LogP contribution in [0, 0.1) is 6.92 Å². The zero-order valence-electron chi connectivity index (χ0n) is 6.92. The maximum atomic E-state index is 8.48. The molecule has 0 radical (unpaired) electrons. The van der Waals surface area contributed by atoms with Crippen molar-refractivity contribution in [3.63, 3.8) is 0 Å². The fourth-order valence-electron chi connectivity index (χ4n) is 0.747. The first-order chi connectivity index (χ1) is 6.15. The van der Waals surface area contributed by atoms with E-state index in [0.717, 1.165) is 11.3 Å². The maximum absolute atomic E-state index is 8.48. The fourth-order valence-corrected chi connectivity index (χ4v) is 0.942. The topological polar surface area (TPSA) is 43.4 Å². The first kappa shape index (κ1) is 12.4. The van der Waals surface area contributed by atoms with Crippen LogP contribution in [0.25, 0.3) is 0 Å². The molecule has 0 aliphatic rings. The predicted octanol–water partition coefficient (Wildman–Crippen LogP) is 2.29. The molecule has 3 nitrogen and oxygen atoms in total. The van der Waals surface area contributed by atoms with E-state index >= 15 is 0 Å². The van der Waals surface area contributed by atoms with Crippen LogP contribution in [0.5, 0.6) is 5.75 Å². The van der Waals surface area contributed by atoms with E-state index in [9.17, 15) is 0 Å². The Balaban J connectivity index is 0.000000424. The second kappa shape index (κ2) is 6.89. The monoisotopic (exact) mass is 284 g/mol. The van der Waals surface area contributed by atoms with Crippen molar-refractivity contribution in [1.29, 1.82) is 0 Å². The number of rotatable bonds is 1. The van der Waals surface area contributed by atoms with Crippen molar-refractivity contribution >= 4 is 11.6 Å². The summed E-state index contributed by atoms with van der Waals surface area (Å²) in [6.45, 7) is 3.74. The summed E-state index contributed by atoms with van der Waals surface area (Å²) in [5.74, 6) is 0.768. The van der Waals surface area contributed by atoms with E-state index in [1.165, 1.54) is 0 Å². The molecule has 1 aromatic carbocycles. The molecule has 0 N–H and O–H groups in total. The van der Waals surface area contributed by atoms with Crippen molar-refractivity contribution in [2.75, 3.05) is 7.11 Å².